The molecule has 10 heteroatoms. The Hall–Kier alpha value is -4.73. The van der Waals surface area contributed by atoms with Crippen LogP contribution < -0.4 is 4.74 Å². The summed E-state index contributed by atoms with van der Waals surface area (Å²) in [5, 5.41) is 7.42. The van der Waals surface area contributed by atoms with E-state index in [-0.39, 0.29) is 17.1 Å². The van der Waals surface area contributed by atoms with Crippen LogP contribution in [0, 0.1) is 5.92 Å². The predicted octanol–water partition coefficient (Wildman–Crippen LogP) is 9.96. The molecule has 1 atom stereocenters. The molecule has 0 aliphatic rings. The van der Waals surface area contributed by atoms with Gasteiger partial charge in [0.05, 0.1) is 11.2 Å². The zero-order valence-electron chi connectivity index (χ0n) is 27.4. The van der Waals surface area contributed by atoms with Crippen molar-refractivity contribution < 1.29 is 36.7 Å². The molecule has 0 aliphatic heterocycles. The Morgan fingerprint density at radius 2 is 1.56 bits per heavy atom. The molecular weight excluding hydrogens is 624 g/mol. The van der Waals surface area contributed by atoms with Gasteiger partial charge in [0, 0.05) is 46.3 Å². The van der Waals surface area contributed by atoms with Crippen molar-refractivity contribution in [3.63, 3.8) is 0 Å². The summed E-state index contributed by atoms with van der Waals surface area (Å²) in [7, 11) is 0. The summed E-state index contributed by atoms with van der Waals surface area (Å²) in [4.78, 5) is 30.4. The van der Waals surface area contributed by atoms with Gasteiger partial charge in [-0.25, -0.2) is 13.6 Å². The van der Waals surface area contributed by atoms with Gasteiger partial charge in [0.25, 0.3) is 0 Å². The van der Waals surface area contributed by atoms with Crippen molar-refractivity contribution in [2.45, 2.75) is 72.3 Å². The number of aromatic nitrogens is 1. The average Bonchev–Trinajstić information content (AvgIpc) is 3.39. The molecule has 4 aromatic carbocycles. The van der Waals surface area contributed by atoms with Crippen molar-refractivity contribution in [1.29, 1.82) is 0 Å². The Kier molecular flexibility index (Phi) is 10.5. The zero-order chi connectivity index (χ0) is 34.6. The van der Waals surface area contributed by atoms with Gasteiger partial charge in [0.2, 0.25) is 0 Å². The first-order chi connectivity index (χ1) is 22.9. The van der Waals surface area contributed by atoms with Crippen molar-refractivity contribution in [3.8, 4) is 5.75 Å². The number of benzene rings is 4. The highest BCUT2D eigenvalue weighted by atomic mass is 19.3. The van der Waals surface area contributed by atoms with Gasteiger partial charge in [0.1, 0.15) is 5.75 Å². The maximum Gasteiger partial charge on any atom is 0.340 e. The van der Waals surface area contributed by atoms with Crippen LogP contribution >= 0.6 is 0 Å². The molecule has 0 aliphatic carbocycles. The van der Waals surface area contributed by atoms with Crippen LogP contribution in [0.2, 0.25) is 0 Å². The number of ether oxygens (including phenoxy) is 1. The number of ketones is 1. The van der Waals surface area contributed by atoms with Crippen molar-refractivity contribution in [1.82, 2.24) is 4.57 Å². The van der Waals surface area contributed by atoms with Gasteiger partial charge in [-0.15, -0.1) is 0 Å². The molecule has 0 fully saturated rings. The third kappa shape index (κ3) is 7.22. The highest BCUT2D eigenvalue weighted by Crippen LogP contribution is 2.39. The van der Waals surface area contributed by atoms with Gasteiger partial charge in [-0.2, -0.15) is 8.78 Å². The third-order valence-electron chi connectivity index (χ3n) is 8.69. The number of rotatable bonds is 14. The summed E-state index contributed by atoms with van der Waals surface area (Å²) in [6.07, 6.45) is 0.495. The maximum absolute atomic E-state index is 14.1. The van der Waals surface area contributed by atoms with E-state index in [1.807, 2.05) is 48.5 Å². The predicted molar refractivity (Wildman–Crippen MR) is 181 cm³/mol. The molecule has 0 spiro atoms. The topological polar surface area (TPSA) is 69.9 Å². The van der Waals surface area contributed by atoms with Crippen molar-refractivity contribution in [3.05, 3.63) is 89.5 Å². The van der Waals surface area contributed by atoms with Crippen molar-refractivity contribution in [2.75, 3.05) is 6.61 Å². The van der Waals surface area contributed by atoms with Crippen LogP contribution in [0.15, 0.2) is 78.0 Å². The number of fused-ring (bicyclic) bond motifs is 5. The van der Waals surface area contributed by atoms with E-state index in [2.05, 4.69) is 23.6 Å². The van der Waals surface area contributed by atoms with Crippen LogP contribution in [0.3, 0.4) is 0 Å². The molecule has 1 heterocycles. The largest absolute Gasteiger partial charge is 0.487 e. The number of alkyl halides is 4. The highest BCUT2D eigenvalue weighted by Gasteiger charge is 2.41. The van der Waals surface area contributed by atoms with Crippen LogP contribution in [0.25, 0.3) is 32.6 Å². The molecule has 5 aromatic rings. The number of nitrogens with zero attached hydrogens (tertiary/aromatic N) is 2. The summed E-state index contributed by atoms with van der Waals surface area (Å²) in [6, 6.07) is 21.1. The molecule has 0 N–H and O–H groups in total. The maximum atomic E-state index is 14.1. The van der Waals surface area contributed by atoms with Crippen molar-refractivity contribution in [2.24, 2.45) is 11.1 Å². The molecular formula is C38H38F4N2O4. The van der Waals surface area contributed by atoms with Crippen LogP contribution in [-0.2, 0) is 16.2 Å². The van der Waals surface area contributed by atoms with Gasteiger partial charge in [-0.05, 0) is 72.7 Å². The second-order valence-corrected chi connectivity index (χ2v) is 12.1. The standard InChI is InChI=1S/C38H38F4N2O4/c1-5-7-10-25(6-2)21-44-34-18-15-27(23(3)43-48-24(4)45)19-31(34)32-20-33(29-11-8-9-12-30(29)35(32)44)36(46)26-13-16-28(17-14-26)47-22-38(41,42)37(39)40/h8-9,11-20,25,37H,5-7,10,21-22H2,1-4H3. The number of oxime groups is 1. The Labute approximate surface area is 276 Å². The molecule has 0 saturated carbocycles. The molecule has 1 aromatic heterocycles. The van der Waals surface area contributed by atoms with Gasteiger partial charge in [-0.1, -0.05) is 68.6 Å². The molecule has 5 rings (SSSR count). The fourth-order valence-corrected chi connectivity index (χ4v) is 6.03. The molecule has 48 heavy (non-hydrogen) atoms. The lowest BCUT2D eigenvalue weighted by atomic mass is 9.94. The van der Waals surface area contributed by atoms with Gasteiger partial charge in [-0.3, -0.25) is 4.79 Å². The summed E-state index contributed by atoms with van der Waals surface area (Å²) < 4.78 is 59.1. The molecule has 0 saturated heterocycles. The van der Waals surface area contributed by atoms with E-state index in [4.69, 9.17) is 9.57 Å². The third-order valence-corrected chi connectivity index (χ3v) is 8.69. The summed E-state index contributed by atoms with van der Waals surface area (Å²) in [5.41, 5.74) is 4.02. The molecule has 0 bridgehead atoms. The van der Waals surface area contributed by atoms with E-state index < -0.39 is 24.9 Å². The van der Waals surface area contributed by atoms with E-state index >= 15 is 0 Å². The second kappa shape index (κ2) is 14.6. The SMILES string of the molecule is CCCCC(CC)Cn1c2ccc(C(C)=NOC(C)=O)cc2c2cc(C(=O)c3ccc(OCC(F)(F)C(F)F)cc3)c3ccccc3c21. The molecule has 0 amide bonds. The van der Waals surface area contributed by atoms with Gasteiger partial charge < -0.3 is 14.1 Å². The number of unbranched alkanes of at least 4 members (excludes halogenated alkanes) is 1. The highest BCUT2D eigenvalue weighted by molar-refractivity contribution is 6.26. The number of carbonyl (C=O) groups excluding carboxylic acids is 2. The number of hydrogen-bond donors (Lipinski definition) is 0. The number of carbonyl (C=O) groups is 2. The van der Waals surface area contributed by atoms with Gasteiger partial charge in [0.15, 0.2) is 12.4 Å². The Balaban J connectivity index is 1.66. The Bertz CT molecular complexity index is 1980. The molecule has 252 valence electrons. The molecule has 1 unspecified atom stereocenters. The second-order valence-electron chi connectivity index (χ2n) is 12.1. The van der Waals surface area contributed by atoms with Crippen LogP contribution in [0.5, 0.6) is 5.75 Å². The minimum absolute atomic E-state index is 0.0536. The summed E-state index contributed by atoms with van der Waals surface area (Å²) >= 11 is 0. The fraction of sp³-hybridized carbons (Fsp3) is 0.342. The fourth-order valence-electron chi connectivity index (χ4n) is 6.03. The van der Waals surface area contributed by atoms with Crippen LogP contribution in [0.1, 0.15) is 74.9 Å². The summed E-state index contributed by atoms with van der Waals surface area (Å²) in [6.45, 7) is 6.75. The van der Waals surface area contributed by atoms with E-state index in [1.165, 1.54) is 31.2 Å². The summed E-state index contributed by atoms with van der Waals surface area (Å²) in [5.74, 6) is -4.72. The quantitative estimate of drug-likeness (QED) is 0.0390. The lowest BCUT2D eigenvalue weighted by Crippen LogP contribution is -2.33. The molecule has 6 nitrogen and oxygen atoms in total. The first-order valence-corrected chi connectivity index (χ1v) is 16.1. The monoisotopic (exact) mass is 662 g/mol. The molecule has 0 radical (unpaired) electrons. The number of halogens is 4. The zero-order valence-corrected chi connectivity index (χ0v) is 27.4. The lowest BCUT2D eigenvalue weighted by Gasteiger charge is -2.18. The van der Waals surface area contributed by atoms with E-state index in [0.29, 0.717) is 17.2 Å². The average molecular weight is 663 g/mol. The minimum atomic E-state index is -4.29. The first kappa shape index (κ1) is 34.6. The first-order valence-electron chi connectivity index (χ1n) is 16.1. The minimum Gasteiger partial charge on any atom is -0.487 e. The van der Waals surface area contributed by atoms with E-state index in [0.717, 1.165) is 70.4 Å². The van der Waals surface area contributed by atoms with E-state index in [9.17, 15) is 27.2 Å². The van der Waals surface area contributed by atoms with E-state index in [1.54, 1.807) is 6.92 Å². The Morgan fingerprint density at radius 1 is 0.875 bits per heavy atom. The lowest BCUT2D eigenvalue weighted by molar-refractivity contribution is -0.148. The van der Waals surface area contributed by atoms with Crippen molar-refractivity contribution >= 4 is 50.0 Å². The number of hydrogen-bond acceptors (Lipinski definition) is 5. The van der Waals surface area contributed by atoms with Crippen LogP contribution in [-0.4, -0.2) is 41.0 Å². The van der Waals surface area contributed by atoms with Gasteiger partial charge >= 0.3 is 18.3 Å². The normalized spacial score (nSPS) is 13.1. The van der Waals surface area contributed by atoms with Crippen LogP contribution in [0.4, 0.5) is 17.6 Å². The smallest absolute Gasteiger partial charge is 0.340 e. The Morgan fingerprint density at radius 3 is 2.21 bits per heavy atom.